The van der Waals surface area contributed by atoms with Crippen molar-refractivity contribution in [2.75, 3.05) is 11.4 Å². The third-order valence-corrected chi connectivity index (χ3v) is 5.57. The molecular weight excluding hydrogens is 342 g/mol. The molecule has 0 saturated heterocycles. The second-order valence-corrected chi connectivity index (χ2v) is 8.06. The molecule has 26 heavy (non-hydrogen) atoms. The molecule has 2 heterocycles. The van der Waals surface area contributed by atoms with Crippen LogP contribution in [0, 0.1) is 6.92 Å². The van der Waals surface area contributed by atoms with E-state index in [4.69, 9.17) is 4.98 Å². The smallest absolute Gasteiger partial charge is 0.237 e. The molecule has 1 amide bonds. The fourth-order valence-corrected chi connectivity index (χ4v) is 4.13. The van der Waals surface area contributed by atoms with Crippen LogP contribution in [-0.2, 0) is 10.2 Å². The van der Waals surface area contributed by atoms with Crippen molar-refractivity contribution < 1.29 is 4.79 Å². The number of carbonyl (C=O) groups is 1. The lowest BCUT2D eigenvalue weighted by Gasteiger charge is -2.19. The summed E-state index contributed by atoms with van der Waals surface area (Å²) in [4.78, 5) is 23.8. The molecule has 1 aliphatic rings. The van der Waals surface area contributed by atoms with E-state index in [2.05, 4.69) is 36.7 Å². The third kappa shape index (κ3) is 2.45. The van der Waals surface area contributed by atoms with E-state index in [0.717, 1.165) is 51.5 Å². The summed E-state index contributed by atoms with van der Waals surface area (Å²) in [5.41, 5.74) is 5.52. The molecule has 1 aromatic heterocycles. The van der Waals surface area contributed by atoms with E-state index < -0.39 is 5.41 Å². The maximum Gasteiger partial charge on any atom is 0.237 e. The molecule has 0 aliphatic carbocycles. The quantitative estimate of drug-likeness (QED) is 0.651. The molecular formula is C21H23N3OS. The highest BCUT2D eigenvalue weighted by Gasteiger charge is 2.43. The molecule has 2 aromatic carbocycles. The fraction of sp³-hybridized carbons (Fsp3) is 0.333. The number of hydrogen-bond donors (Lipinski definition) is 2. The number of aromatic nitrogens is 2. The number of nitrogens with zero attached hydrogens (tertiary/aromatic N) is 2. The first kappa shape index (κ1) is 17.2. The number of hydrogen-bond acceptors (Lipinski definition) is 3. The van der Waals surface area contributed by atoms with E-state index in [1.165, 1.54) is 5.56 Å². The average Bonchev–Trinajstić information content (AvgIpc) is 3.07. The number of carbonyl (C=O) groups excluding carboxylic acids is 1. The first-order valence-electron chi connectivity index (χ1n) is 8.99. The maximum absolute atomic E-state index is 12.8. The van der Waals surface area contributed by atoms with E-state index in [-0.39, 0.29) is 5.91 Å². The van der Waals surface area contributed by atoms with Crippen LogP contribution in [0.5, 0.6) is 0 Å². The van der Waals surface area contributed by atoms with Gasteiger partial charge in [-0.1, -0.05) is 13.0 Å². The molecule has 1 aliphatic heterocycles. The van der Waals surface area contributed by atoms with Gasteiger partial charge in [-0.05, 0) is 62.6 Å². The summed E-state index contributed by atoms with van der Waals surface area (Å²) in [6, 6.07) is 10.3. The van der Waals surface area contributed by atoms with Crippen LogP contribution < -0.4 is 4.90 Å². The predicted molar refractivity (Wildman–Crippen MR) is 109 cm³/mol. The first-order chi connectivity index (χ1) is 12.3. The van der Waals surface area contributed by atoms with Crippen LogP contribution in [0.3, 0.4) is 0 Å². The van der Waals surface area contributed by atoms with Gasteiger partial charge in [-0.2, -0.15) is 0 Å². The third-order valence-electron chi connectivity index (χ3n) is 5.20. The Labute approximate surface area is 159 Å². The minimum absolute atomic E-state index is 0.165. The van der Waals surface area contributed by atoms with Crippen molar-refractivity contribution in [1.29, 1.82) is 0 Å². The monoisotopic (exact) mass is 365 g/mol. The summed E-state index contributed by atoms with van der Waals surface area (Å²) in [5, 5.41) is 0. The topological polar surface area (TPSA) is 49.0 Å². The number of H-pyrrole nitrogens is 1. The van der Waals surface area contributed by atoms with Crippen LogP contribution in [0.2, 0.25) is 0 Å². The van der Waals surface area contributed by atoms with Gasteiger partial charge in [0, 0.05) is 17.0 Å². The number of thiol groups is 1. The number of nitrogens with one attached hydrogen (secondary N) is 1. The molecule has 4 rings (SSSR count). The van der Waals surface area contributed by atoms with Gasteiger partial charge in [-0.25, -0.2) is 4.98 Å². The number of aryl methyl sites for hydroxylation is 1. The summed E-state index contributed by atoms with van der Waals surface area (Å²) in [5.74, 6) is 0.971. The van der Waals surface area contributed by atoms with Gasteiger partial charge in [0.25, 0.3) is 0 Å². The Balaban J connectivity index is 1.88. The number of anilines is 1. The Kier molecular flexibility index (Phi) is 3.88. The summed E-state index contributed by atoms with van der Waals surface area (Å²) in [6.45, 7) is 8.87. The van der Waals surface area contributed by atoms with Crippen LogP contribution >= 0.6 is 12.6 Å². The van der Waals surface area contributed by atoms with E-state index in [1.54, 1.807) is 0 Å². The van der Waals surface area contributed by atoms with Gasteiger partial charge in [0.15, 0.2) is 0 Å². The molecule has 0 unspecified atom stereocenters. The molecule has 0 saturated carbocycles. The minimum atomic E-state index is -0.511. The Hall–Kier alpha value is -2.27. The molecule has 134 valence electrons. The molecule has 3 aromatic rings. The van der Waals surface area contributed by atoms with Crippen molar-refractivity contribution in [3.63, 3.8) is 0 Å². The fourth-order valence-electron chi connectivity index (χ4n) is 3.75. The molecule has 0 bridgehead atoms. The van der Waals surface area contributed by atoms with Crippen LogP contribution in [-0.4, -0.2) is 22.4 Å². The van der Waals surface area contributed by atoms with Crippen molar-refractivity contribution in [2.24, 2.45) is 0 Å². The van der Waals surface area contributed by atoms with Crippen LogP contribution in [0.15, 0.2) is 35.2 Å². The molecule has 0 radical (unpaired) electrons. The number of rotatable bonds is 3. The normalized spacial score (nSPS) is 15.7. The Morgan fingerprint density at radius 1 is 1.23 bits per heavy atom. The van der Waals surface area contributed by atoms with E-state index in [9.17, 15) is 4.79 Å². The Morgan fingerprint density at radius 3 is 2.69 bits per heavy atom. The second kappa shape index (κ2) is 5.88. The van der Waals surface area contributed by atoms with Gasteiger partial charge in [0.2, 0.25) is 5.91 Å². The van der Waals surface area contributed by atoms with Gasteiger partial charge in [0.05, 0.1) is 22.1 Å². The number of benzene rings is 2. The summed E-state index contributed by atoms with van der Waals surface area (Å²) in [7, 11) is 0. The second-order valence-electron chi connectivity index (χ2n) is 7.57. The van der Waals surface area contributed by atoms with E-state index in [1.807, 2.05) is 43.9 Å². The number of fused-ring (bicyclic) bond motifs is 2. The van der Waals surface area contributed by atoms with Crippen LogP contribution in [0.25, 0.3) is 22.4 Å². The zero-order valence-electron chi connectivity index (χ0n) is 15.6. The lowest BCUT2D eigenvalue weighted by atomic mass is 9.86. The number of amides is 1. The molecule has 4 nitrogen and oxygen atoms in total. The average molecular weight is 366 g/mol. The molecule has 1 N–H and O–H groups in total. The zero-order chi connectivity index (χ0) is 18.6. The van der Waals surface area contributed by atoms with Gasteiger partial charge in [0.1, 0.15) is 5.82 Å². The molecule has 5 heteroatoms. The standard InChI is InChI=1S/C21H23N3OS/c1-5-8-24-17-11-16-15(10-14(17)21(3,4)20(24)25)22-19(23-16)13-7-6-12(2)9-18(13)26/h6-7,9-11,26H,5,8H2,1-4H3,(H,22,23). The van der Waals surface area contributed by atoms with Crippen molar-refractivity contribution in [3.05, 3.63) is 41.5 Å². The lowest BCUT2D eigenvalue weighted by molar-refractivity contribution is -0.122. The van der Waals surface area contributed by atoms with Crippen molar-refractivity contribution in [1.82, 2.24) is 9.97 Å². The van der Waals surface area contributed by atoms with Crippen LogP contribution in [0.1, 0.15) is 38.3 Å². The lowest BCUT2D eigenvalue weighted by Crippen LogP contribution is -2.36. The summed E-state index contributed by atoms with van der Waals surface area (Å²) < 4.78 is 0. The van der Waals surface area contributed by atoms with Gasteiger partial charge in [-0.3, -0.25) is 4.79 Å². The highest BCUT2D eigenvalue weighted by molar-refractivity contribution is 7.80. The SMILES string of the molecule is CCCN1C(=O)C(C)(C)c2cc3[nH]c(-c4ccc(C)cc4S)nc3cc21. The predicted octanol–water partition coefficient (Wildman–Crippen LogP) is 4.86. The van der Waals surface area contributed by atoms with E-state index in [0.29, 0.717) is 0 Å². The molecule has 0 atom stereocenters. The van der Waals surface area contributed by atoms with Crippen LogP contribution in [0.4, 0.5) is 5.69 Å². The minimum Gasteiger partial charge on any atom is -0.338 e. The van der Waals surface area contributed by atoms with Gasteiger partial charge < -0.3 is 9.88 Å². The van der Waals surface area contributed by atoms with E-state index >= 15 is 0 Å². The van der Waals surface area contributed by atoms with Crippen molar-refractivity contribution in [2.45, 2.75) is 44.4 Å². The molecule has 0 spiro atoms. The van der Waals surface area contributed by atoms with Crippen molar-refractivity contribution >= 4 is 35.3 Å². The van der Waals surface area contributed by atoms with Gasteiger partial charge >= 0.3 is 0 Å². The summed E-state index contributed by atoms with van der Waals surface area (Å²) in [6.07, 6.45) is 0.928. The Bertz CT molecular complexity index is 1040. The largest absolute Gasteiger partial charge is 0.338 e. The highest BCUT2D eigenvalue weighted by atomic mass is 32.1. The highest BCUT2D eigenvalue weighted by Crippen LogP contribution is 2.43. The zero-order valence-corrected chi connectivity index (χ0v) is 16.4. The Morgan fingerprint density at radius 2 is 2.00 bits per heavy atom. The van der Waals surface area contributed by atoms with Gasteiger partial charge in [-0.15, -0.1) is 12.6 Å². The maximum atomic E-state index is 12.8. The summed E-state index contributed by atoms with van der Waals surface area (Å²) >= 11 is 4.60. The van der Waals surface area contributed by atoms with Crippen molar-refractivity contribution in [3.8, 4) is 11.4 Å². The number of aromatic amines is 1. The number of imidazole rings is 1. The first-order valence-corrected chi connectivity index (χ1v) is 9.44. The molecule has 0 fully saturated rings.